The topological polar surface area (TPSA) is 80.7 Å². The number of benzene rings is 1. The molecule has 0 saturated heterocycles. The molecule has 0 aliphatic carbocycles. The molecule has 0 spiro atoms. The lowest BCUT2D eigenvalue weighted by Crippen LogP contribution is -2.15. The Bertz CT molecular complexity index is 649. The van der Waals surface area contributed by atoms with E-state index in [0.29, 0.717) is 23.1 Å². The Balaban J connectivity index is 2.11. The number of nitrogens with zero attached hydrogens (tertiary/aromatic N) is 2. The minimum Gasteiger partial charge on any atom is -0.488 e. The highest BCUT2D eigenvalue weighted by atomic mass is 79.9. The van der Waals surface area contributed by atoms with Crippen molar-refractivity contribution in [1.82, 2.24) is 4.98 Å². The Labute approximate surface area is 129 Å². The molecule has 0 aliphatic rings. The summed E-state index contributed by atoms with van der Waals surface area (Å²) in [4.78, 5) is 4.00. The van der Waals surface area contributed by atoms with Crippen molar-refractivity contribution < 1.29 is 9.94 Å². The first-order valence-corrected chi connectivity index (χ1v) is 6.78. The lowest BCUT2D eigenvalue weighted by Gasteiger charge is -2.09. The zero-order valence-corrected chi connectivity index (χ0v) is 12.6. The van der Waals surface area contributed by atoms with E-state index in [4.69, 9.17) is 27.3 Å². The fourth-order valence-corrected chi connectivity index (χ4v) is 2.31. The van der Waals surface area contributed by atoms with Gasteiger partial charge in [-0.2, -0.15) is 0 Å². The van der Waals surface area contributed by atoms with E-state index >= 15 is 0 Å². The van der Waals surface area contributed by atoms with Gasteiger partial charge in [-0.25, -0.2) is 0 Å². The molecule has 2 rings (SSSR count). The molecule has 0 fully saturated rings. The van der Waals surface area contributed by atoms with Crippen molar-refractivity contribution >= 4 is 33.4 Å². The van der Waals surface area contributed by atoms with Crippen molar-refractivity contribution in [1.29, 1.82) is 0 Å². The molecule has 5 nitrogen and oxygen atoms in total. The van der Waals surface area contributed by atoms with Gasteiger partial charge in [-0.15, -0.1) is 0 Å². The average Bonchev–Trinajstić information content (AvgIpc) is 2.46. The highest BCUT2D eigenvalue weighted by molar-refractivity contribution is 9.10. The average molecular weight is 357 g/mol. The maximum absolute atomic E-state index is 8.62. The number of halogens is 2. The summed E-state index contributed by atoms with van der Waals surface area (Å²) in [5.41, 5.74) is 6.73. The van der Waals surface area contributed by atoms with E-state index in [0.717, 1.165) is 10.0 Å². The van der Waals surface area contributed by atoms with Gasteiger partial charge in [-0.1, -0.05) is 16.8 Å². The third kappa shape index (κ3) is 3.61. The molecule has 0 saturated carbocycles. The lowest BCUT2D eigenvalue weighted by atomic mass is 10.2. The zero-order valence-electron chi connectivity index (χ0n) is 10.3. The molecule has 0 radical (unpaired) electrons. The van der Waals surface area contributed by atoms with E-state index in [1.54, 1.807) is 36.5 Å². The molecule has 0 aliphatic heterocycles. The summed E-state index contributed by atoms with van der Waals surface area (Å²) in [7, 11) is 0. The Morgan fingerprint density at radius 1 is 1.40 bits per heavy atom. The Morgan fingerprint density at radius 2 is 2.20 bits per heavy atom. The standard InChI is InChI=1S/C13H11BrClN3O2/c14-10-6-9(15)1-2-12(10)20-7-8-3-4-17-11(5-8)13(16)18-19/h1-6,19H,7H2,(H2,16,18). The summed E-state index contributed by atoms with van der Waals surface area (Å²) in [5.74, 6) is 0.635. The van der Waals surface area contributed by atoms with Gasteiger partial charge in [0.2, 0.25) is 0 Å². The van der Waals surface area contributed by atoms with Crippen molar-refractivity contribution in [2.24, 2.45) is 10.9 Å². The summed E-state index contributed by atoms with van der Waals surface area (Å²) < 4.78 is 6.44. The summed E-state index contributed by atoms with van der Waals surface area (Å²) in [6.45, 7) is 0.328. The number of rotatable bonds is 4. The van der Waals surface area contributed by atoms with Crippen LogP contribution in [0.25, 0.3) is 0 Å². The van der Waals surface area contributed by atoms with Crippen LogP contribution < -0.4 is 10.5 Å². The first-order valence-electron chi connectivity index (χ1n) is 5.61. The minimum absolute atomic E-state index is 0.0421. The van der Waals surface area contributed by atoms with Crippen LogP contribution in [0, 0.1) is 0 Å². The number of hydrogen-bond acceptors (Lipinski definition) is 4. The molecular weight excluding hydrogens is 346 g/mol. The first kappa shape index (κ1) is 14.6. The molecule has 3 N–H and O–H groups in total. The van der Waals surface area contributed by atoms with Crippen LogP contribution in [0.3, 0.4) is 0 Å². The predicted octanol–water partition coefficient (Wildman–Crippen LogP) is 3.17. The zero-order chi connectivity index (χ0) is 14.5. The van der Waals surface area contributed by atoms with E-state index in [1.165, 1.54) is 0 Å². The first-order chi connectivity index (χ1) is 9.60. The second-order valence-corrected chi connectivity index (χ2v) is 5.19. The third-order valence-electron chi connectivity index (χ3n) is 2.48. The van der Waals surface area contributed by atoms with Crippen molar-refractivity contribution in [3.05, 3.63) is 57.3 Å². The monoisotopic (exact) mass is 355 g/mol. The predicted molar refractivity (Wildman–Crippen MR) is 80.2 cm³/mol. The van der Waals surface area contributed by atoms with Crippen molar-refractivity contribution in [2.45, 2.75) is 6.61 Å². The van der Waals surface area contributed by atoms with Gasteiger partial charge in [0.05, 0.1) is 4.47 Å². The van der Waals surface area contributed by atoms with Gasteiger partial charge in [-0.05, 0) is 51.8 Å². The molecule has 1 aromatic carbocycles. The summed E-state index contributed by atoms with van der Waals surface area (Å²) >= 11 is 9.24. The molecular formula is C13H11BrClN3O2. The molecule has 2 aromatic rings. The van der Waals surface area contributed by atoms with Crippen LogP contribution in [0.1, 0.15) is 11.3 Å². The van der Waals surface area contributed by atoms with Gasteiger partial charge in [-0.3, -0.25) is 4.98 Å². The molecule has 7 heteroatoms. The van der Waals surface area contributed by atoms with Crippen LogP contribution >= 0.6 is 27.5 Å². The van der Waals surface area contributed by atoms with Gasteiger partial charge >= 0.3 is 0 Å². The van der Waals surface area contributed by atoms with Crippen molar-refractivity contribution in [2.75, 3.05) is 0 Å². The number of nitrogens with two attached hydrogens (primary N) is 1. The number of hydrogen-bond donors (Lipinski definition) is 2. The van der Waals surface area contributed by atoms with Gasteiger partial charge in [0.15, 0.2) is 5.84 Å². The van der Waals surface area contributed by atoms with E-state index < -0.39 is 0 Å². The molecule has 0 unspecified atom stereocenters. The van der Waals surface area contributed by atoms with Crippen LogP contribution in [-0.4, -0.2) is 16.0 Å². The summed E-state index contributed by atoms with van der Waals surface area (Å²) in [5, 5.41) is 12.2. The molecule has 20 heavy (non-hydrogen) atoms. The van der Waals surface area contributed by atoms with Crippen LogP contribution in [0.4, 0.5) is 0 Å². The highest BCUT2D eigenvalue weighted by Crippen LogP contribution is 2.28. The largest absolute Gasteiger partial charge is 0.488 e. The van der Waals surface area contributed by atoms with Crippen LogP contribution in [0.2, 0.25) is 5.02 Å². The molecule has 0 amide bonds. The number of aromatic nitrogens is 1. The number of oxime groups is 1. The van der Waals surface area contributed by atoms with Crippen LogP contribution in [0.15, 0.2) is 46.2 Å². The second-order valence-electron chi connectivity index (χ2n) is 3.90. The Morgan fingerprint density at radius 3 is 2.90 bits per heavy atom. The summed E-state index contributed by atoms with van der Waals surface area (Å²) in [6.07, 6.45) is 1.57. The van der Waals surface area contributed by atoms with Gasteiger partial charge in [0, 0.05) is 11.2 Å². The van der Waals surface area contributed by atoms with Crippen molar-refractivity contribution in [3.8, 4) is 5.75 Å². The van der Waals surface area contributed by atoms with E-state index in [2.05, 4.69) is 26.1 Å². The number of pyridine rings is 1. The molecule has 1 heterocycles. The molecule has 104 valence electrons. The fraction of sp³-hybridized carbons (Fsp3) is 0.0769. The third-order valence-corrected chi connectivity index (χ3v) is 3.34. The SMILES string of the molecule is NC(=NO)c1cc(COc2ccc(Cl)cc2Br)ccn1. The molecule has 1 aromatic heterocycles. The van der Waals surface area contributed by atoms with E-state index in [-0.39, 0.29) is 5.84 Å². The van der Waals surface area contributed by atoms with Gasteiger partial charge in [0.1, 0.15) is 18.1 Å². The minimum atomic E-state index is -0.0421. The number of ether oxygens (including phenoxy) is 1. The maximum Gasteiger partial charge on any atom is 0.188 e. The van der Waals surface area contributed by atoms with Gasteiger partial charge in [0.25, 0.3) is 0 Å². The Hall–Kier alpha value is -1.79. The second kappa shape index (κ2) is 6.58. The lowest BCUT2D eigenvalue weighted by molar-refractivity contribution is 0.304. The molecule has 0 bridgehead atoms. The smallest absolute Gasteiger partial charge is 0.188 e. The summed E-state index contributed by atoms with van der Waals surface area (Å²) in [6, 6.07) is 8.76. The van der Waals surface area contributed by atoms with E-state index in [9.17, 15) is 0 Å². The van der Waals surface area contributed by atoms with Crippen LogP contribution in [-0.2, 0) is 6.61 Å². The normalized spacial score (nSPS) is 11.4. The highest BCUT2D eigenvalue weighted by Gasteiger charge is 2.05. The van der Waals surface area contributed by atoms with Gasteiger partial charge < -0.3 is 15.7 Å². The molecule has 0 atom stereocenters. The quantitative estimate of drug-likeness (QED) is 0.381. The Kier molecular flexibility index (Phi) is 4.81. The van der Waals surface area contributed by atoms with Crippen LogP contribution in [0.5, 0.6) is 5.75 Å². The maximum atomic E-state index is 8.62. The number of amidine groups is 1. The van der Waals surface area contributed by atoms with E-state index in [1.807, 2.05) is 0 Å². The van der Waals surface area contributed by atoms with Crippen molar-refractivity contribution in [3.63, 3.8) is 0 Å². The fourth-order valence-electron chi connectivity index (χ4n) is 1.51.